The first-order valence-corrected chi connectivity index (χ1v) is 5.59. The van der Waals surface area contributed by atoms with E-state index in [0.717, 1.165) is 18.9 Å². The lowest BCUT2D eigenvalue weighted by molar-refractivity contribution is 0.0648. The van der Waals surface area contributed by atoms with Gasteiger partial charge in [0.2, 0.25) is 5.76 Å². The van der Waals surface area contributed by atoms with Crippen LogP contribution in [0.3, 0.4) is 0 Å². The Kier molecular flexibility index (Phi) is 4.68. The van der Waals surface area contributed by atoms with Gasteiger partial charge in [-0.2, -0.15) is 0 Å². The maximum Gasteiger partial charge on any atom is 0.374 e. The molecule has 6 nitrogen and oxygen atoms in total. The highest BCUT2D eigenvalue weighted by Gasteiger charge is 2.20. The number of nitrogens with zero attached hydrogens (tertiary/aromatic N) is 2. The van der Waals surface area contributed by atoms with Crippen LogP contribution in [0.5, 0.6) is 0 Å². The zero-order chi connectivity index (χ0) is 12.8. The molecule has 0 radical (unpaired) electrons. The van der Waals surface area contributed by atoms with Crippen molar-refractivity contribution in [3.8, 4) is 0 Å². The molecule has 0 unspecified atom stereocenters. The van der Waals surface area contributed by atoms with Crippen LogP contribution in [0.4, 0.5) is 0 Å². The van der Waals surface area contributed by atoms with E-state index in [9.17, 15) is 9.59 Å². The first-order valence-electron chi connectivity index (χ1n) is 5.59. The number of hydrogen-bond acceptors (Lipinski definition) is 4. The number of aromatic carboxylic acids is 1. The van der Waals surface area contributed by atoms with Crippen LogP contribution in [0.25, 0.3) is 0 Å². The third kappa shape index (κ3) is 3.30. The molecule has 1 aromatic rings. The van der Waals surface area contributed by atoms with Crippen molar-refractivity contribution >= 4 is 11.9 Å². The molecule has 0 saturated heterocycles. The van der Waals surface area contributed by atoms with Crippen molar-refractivity contribution in [2.24, 2.45) is 0 Å². The average molecular weight is 240 g/mol. The molecular formula is C11H16N2O4. The number of hydrogen-bond donors (Lipinski definition) is 1. The maximum atomic E-state index is 11.9. The summed E-state index contributed by atoms with van der Waals surface area (Å²) >= 11 is 0. The lowest BCUT2D eigenvalue weighted by Crippen LogP contribution is -2.31. The van der Waals surface area contributed by atoms with Gasteiger partial charge in [-0.15, -0.1) is 0 Å². The maximum absolute atomic E-state index is 11.9. The third-order valence-corrected chi connectivity index (χ3v) is 2.39. The Hall–Kier alpha value is -1.85. The summed E-state index contributed by atoms with van der Waals surface area (Å²) in [4.78, 5) is 24.1. The number of carbonyl (C=O) groups is 2. The first-order chi connectivity index (χ1) is 8.10. The molecule has 1 amide bonds. The Morgan fingerprint density at radius 1 is 1.47 bits per heavy atom. The minimum atomic E-state index is -1.23. The van der Waals surface area contributed by atoms with Crippen LogP contribution in [0, 0.1) is 0 Å². The van der Waals surface area contributed by atoms with E-state index in [1.165, 1.54) is 0 Å². The molecule has 0 aliphatic carbocycles. The molecule has 0 saturated carbocycles. The molecule has 1 aromatic heterocycles. The summed E-state index contributed by atoms with van der Waals surface area (Å²) in [7, 11) is 0. The van der Waals surface area contributed by atoms with Crippen LogP contribution in [0.2, 0.25) is 0 Å². The number of amides is 1. The quantitative estimate of drug-likeness (QED) is 0.817. The molecule has 0 fully saturated rings. The van der Waals surface area contributed by atoms with Crippen LogP contribution < -0.4 is 0 Å². The van der Waals surface area contributed by atoms with Crippen molar-refractivity contribution < 1.29 is 19.2 Å². The van der Waals surface area contributed by atoms with Crippen molar-refractivity contribution in [3.63, 3.8) is 0 Å². The fraction of sp³-hybridized carbons (Fsp3) is 0.545. The van der Waals surface area contributed by atoms with Crippen LogP contribution >= 0.6 is 0 Å². The van der Waals surface area contributed by atoms with Gasteiger partial charge in [-0.05, 0) is 13.3 Å². The van der Waals surface area contributed by atoms with E-state index < -0.39 is 5.97 Å². The standard InChI is InChI=1S/C11H16N2O4/c1-3-5-6-13(4-2)10(14)8-7-9(11(15)16)17-12-8/h7H,3-6H2,1-2H3,(H,15,16). The second kappa shape index (κ2) is 6.03. The zero-order valence-corrected chi connectivity index (χ0v) is 9.97. The second-order valence-electron chi connectivity index (χ2n) is 3.62. The molecule has 0 spiro atoms. The van der Waals surface area contributed by atoms with E-state index in [1.807, 2.05) is 13.8 Å². The van der Waals surface area contributed by atoms with Crippen molar-refractivity contribution in [2.45, 2.75) is 26.7 Å². The van der Waals surface area contributed by atoms with E-state index in [4.69, 9.17) is 5.11 Å². The fourth-order valence-electron chi connectivity index (χ4n) is 1.39. The van der Waals surface area contributed by atoms with E-state index in [2.05, 4.69) is 9.68 Å². The Labute approximate surface area is 99.2 Å². The summed E-state index contributed by atoms with van der Waals surface area (Å²) < 4.78 is 4.55. The molecule has 6 heteroatoms. The molecule has 0 bridgehead atoms. The Morgan fingerprint density at radius 2 is 2.18 bits per heavy atom. The monoisotopic (exact) mass is 240 g/mol. The Balaban J connectivity index is 2.75. The van der Waals surface area contributed by atoms with E-state index in [-0.39, 0.29) is 17.4 Å². The summed E-state index contributed by atoms with van der Waals surface area (Å²) in [5.41, 5.74) is 0.0420. The lowest BCUT2D eigenvalue weighted by Gasteiger charge is -2.18. The molecular weight excluding hydrogens is 224 g/mol. The SMILES string of the molecule is CCCCN(CC)C(=O)c1cc(C(=O)O)on1. The lowest BCUT2D eigenvalue weighted by atomic mass is 10.2. The molecule has 17 heavy (non-hydrogen) atoms. The number of carbonyl (C=O) groups excluding carboxylic acids is 1. The van der Waals surface area contributed by atoms with E-state index in [0.29, 0.717) is 13.1 Å². The predicted octanol–water partition coefficient (Wildman–Crippen LogP) is 1.64. The highest BCUT2D eigenvalue weighted by atomic mass is 16.5. The Bertz CT molecular complexity index is 400. The van der Waals surface area contributed by atoms with Crippen molar-refractivity contribution in [1.82, 2.24) is 10.1 Å². The van der Waals surface area contributed by atoms with Gasteiger partial charge < -0.3 is 14.5 Å². The van der Waals surface area contributed by atoms with Gasteiger partial charge in [-0.3, -0.25) is 4.79 Å². The van der Waals surface area contributed by atoms with Crippen LogP contribution in [0.1, 0.15) is 47.7 Å². The summed E-state index contributed by atoms with van der Waals surface area (Å²) in [5.74, 6) is -1.84. The number of carboxylic acid groups (broad SMARTS) is 1. The van der Waals surface area contributed by atoms with Crippen molar-refractivity contribution in [3.05, 3.63) is 17.5 Å². The normalized spacial score (nSPS) is 10.2. The van der Waals surface area contributed by atoms with Crippen molar-refractivity contribution in [2.75, 3.05) is 13.1 Å². The van der Waals surface area contributed by atoms with Gasteiger partial charge in [-0.25, -0.2) is 4.79 Å². The molecule has 0 aromatic carbocycles. The molecule has 1 heterocycles. The van der Waals surface area contributed by atoms with Gasteiger partial charge in [0.15, 0.2) is 5.69 Å². The third-order valence-electron chi connectivity index (χ3n) is 2.39. The van der Waals surface area contributed by atoms with E-state index >= 15 is 0 Å². The van der Waals surface area contributed by atoms with Gasteiger partial charge in [0.1, 0.15) is 0 Å². The van der Waals surface area contributed by atoms with Crippen LogP contribution in [0.15, 0.2) is 10.6 Å². The number of carboxylic acids is 1. The first kappa shape index (κ1) is 13.2. The molecule has 0 aliphatic heterocycles. The second-order valence-corrected chi connectivity index (χ2v) is 3.62. The fourth-order valence-corrected chi connectivity index (χ4v) is 1.39. The van der Waals surface area contributed by atoms with Gasteiger partial charge in [0, 0.05) is 19.2 Å². The zero-order valence-electron chi connectivity index (χ0n) is 9.97. The van der Waals surface area contributed by atoms with Gasteiger partial charge in [0.05, 0.1) is 0 Å². The number of unbranched alkanes of at least 4 members (excludes halogenated alkanes) is 1. The summed E-state index contributed by atoms with van der Waals surface area (Å²) in [6, 6.07) is 1.15. The summed E-state index contributed by atoms with van der Waals surface area (Å²) in [5, 5.41) is 12.1. The van der Waals surface area contributed by atoms with Crippen LogP contribution in [-0.4, -0.2) is 40.1 Å². The van der Waals surface area contributed by atoms with Crippen molar-refractivity contribution in [1.29, 1.82) is 0 Å². The van der Waals surface area contributed by atoms with E-state index in [1.54, 1.807) is 4.90 Å². The molecule has 0 aliphatic rings. The minimum absolute atomic E-state index is 0.0420. The molecule has 1 N–H and O–H groups in total. The molecule has 0 atom stereocenters. The largest absolute Gasteiger partial charge is 0.475 e. The van der Waals surface area contributed by atoms with Crippen LogP contribution in [-0.2, 0) is 0 Å². The molecule has 94 valence electrons. The highest BCUT2D eigenvalue weighted by molar-refractivity contribution is 5.94. The predicted molar refractivity (Wildman–Crippen MR) is 59.9 cm³/mol. The van der Waals surface area contributed by atoms with Gasteiger partial charge in [-0.1, -0.05) is 18.5 Å². The number of aromatic nitrogens is 1. The van der Waals surface area contributed by atoms with Gasteiger partial charge >= 0.3 is 5.97 Å². The number of rotatable bonds is 6. The molecule has 1 rings (SSSR count). The topological polar surface area (TPSA) is 83.6 Å². The van der Waals surface area contributed by atoms with Gasteiger partial charge in [0.25, 0.3) is 5.91 Å². The summed E-state index contributed by atoms with van der Waals surface area (Å²) in [6.45, 7) is 5.11. The highest BCUT2D eigenvalue weighted by Crippen LogP contribution is 2.08. The average Bonchev–Trinajstić information content (AvgIpc) is 2.79. The smallest absolute Gasteiger partial charge is 0.374 e. The Morgan fingerprint density at radius 3 is 2.65 bits per heavy atom. The minimum Gasteiger partial charge on any atom is -0.475 e. The summed E-state index contributed by atoms with van der Waals surface area (Å²) in [6.07, 6.45) is 1.90.